The molecule has 0 radical (unpaired) electrons. The van der Waals surface area contributed by atoms with E-state index in [1.54, 1.807) is 0 Å². The molecule has 0 aliphatic heterocycles. The number of nitrogens with two attached hydrogens (primary N) is 1. The standard InChI is InChI=1S/C13H13BrClN3S/c14-8-5-10(19-12(8)15)13-17-9(6-11(16)18-13)7-3-1-2-4-7/h5-7H,1-4H2,(H2,16,17,18). The minimum Gasteiger partial charge on any atom is -0.384 e. The molecular formula is C13H13BrClN3S. The van der Waals surface area contributed by atoms with Crippen LogP contribution < -0.4 is 5.73 Å². The average Bonchev–Trinajstić information content (AvgIpc) is 3.00. The Labute approximate surface area is 129 Å². The second kappa shape index (κ2) is 5.38. The zero-order chi connectivity index (χ0) is 13.4. The maximum absolute atomic E-state index is 6.07. The number of thiophene rings is 1. The van der Waals surface area contributed by atoms with Gasteiger partial charge in [-0.15, -0.1) is 11.3 Å². The smallest absolute Gasteiger partial charge is 0.171 e. The molecule has 3 nitrogen and oxygen atoms in total. The normalized spacial score (nSPS) is 16.1. The van der Waals surface area contributed by atoms with Crippen molar-refractivity contribution in [2.45, 2.75) is 31.6 Å². The van der Waals surface area contributed by atoms with E-state index in [1.165, 1.54) is 37.0 Å². The van der Waals surface area contributed by atoms with E-state index in [9.17, 15) is 0 Å². The Morgan fingerprint density at radius 1 is 1.26 bits per heavy atom. The first-order chi connectivity index (χ1) is 9.13. The summed E-state index contributed by atoms with van der Waals surface area (Å²) in [6.45, 7) is 0. The predicted molar refractivity (Wildman–Crippen MR) is 83.7 cm³/mol. The molecule has 2 heterocycles. The van der Waals surface area contributed by atoms with Gasteiger partial charge >= 0.3 is 0 Å². The third kappa shape index (κ3) is 2.78. The molecule has 0 aromatic carbocycles. The lowest BCUT2D eigenvalue weighted by Crippen LogP contribution is -2.02. The number of halogens is 2. The maximum Gasteiger partial charge on any atom is 0.171 e. The zero-order valence-corrected chi connectivity index (χ0v) is 13.4. The van der Waals surface area contributed by atoms with Crippen LogP contribution in [0, 0.1) is 0 Å². The van der Waals surface area contributed by atoms with E-state index in [0.29, 0.717) is 21.9 Å². The van der Waals surface area contributed by atoms with E-state index in [1.807, 2.05) is 12.1 Å². The molecule has 6 heteroatoms. The van der Waals surface area contributed by atoms with Crippen LogP contribution >= 0.6 is 38.9 Å². The van der Waals surface area contributed by atoms with Gasteiger partial charge in [0, 0.05) is 22.2 Å². The summed E-state index contributed by atoms with van der Waals surface area (Å²) >= 11 is 10.9. The fourth-order valence-corrected chi connectivity index (χ4v) is 4.12. The van der Waals surface area contributed by atoms with Gasteiger partial charge in [-0.25, -0.2) is 9.97 Å². The molecule has 0 amide bonds. The van der Waals surface area contributed by atoms with Crippen LogP contribution in [0.1, 0.15) is 37.3 Å². The molecular weight excluding hydrogens is 346 g/mol. The van der Waals surface area contributed by atoms with Crippen LogP contribution in [0.5, 0.6) is 0 Å². The van der Waals surface area contributed by atoms with Gasteiger partial charge in [0.05, 0.1) is 4.88 Å². The van der Waals surface area contributed by atoms with Crippen LogP contribution in [0.2, 0.25) is 4.34 Å². The van der Waals surface area contributed by atoms with E-state index in [4.69, 9.17) is 17.3 Å². The van der Waals surface area contributed by atoms with Crippen molar-refractivity contribution in [3.8, 4) is 10.7 Å². The number of aromatic nitrogens is 2. The molecule has 1 saturated carbocycles. The van der Waals surface area contributed by atoms with Crippen molar-refractivity contribution < 1.29 is 0 Å². The summed E-state index contributed by atoms with van der Waals surface area (Å²) in [4.78, 5) is 9.96. The average molecular weight is 359 g/mol. The highest BCUT2D eigenvalue weighted by molar-refractivity contribution is 9.10. The third-order valence-electron chi connectivity index (χ3n) is 3.40. The molecule has 1 aliphatic rings. The van der Waals surface area contributed by atoms with Gasteiger partial charge in [-0.1, -0.05) is 24.4 Å². The predicted octanol–water partition coefficient (Wildman–Crippen LogP) is 4.86. The van der Waals surface area contributed by atoms with E-state index in [0.717, 1.165) is 15.0 Å². The van der Waals surface area contributed by atoms with Gasteiger partial charge in [-0.05, 0) is 34.8 Å². The first-order valence-electron chi connectivity index (χ1n) is 6.23. The molecule has 0 spiro atoms. The summed E-state index contributed by atoms with van der Waals surface area (Å²) in [6.07, 6.45) is 4.95. The molecule has 2 N–H and O–H groups in total. The second-order valence-corrected chi connectivity index (χ2v) is 7.26. The molecule has 2 aromatic heterocycles. The lowest BCUT2D eigenvalue weighted by Gasteiger charge is -2.10. The van der Waals surface area contributed by atoms with Crippen LogP contribution in [0.25, 0.3) is 10.7 Å². The van der Waals surface area contributed by atoms with Gasteiger partial charge in [-0.3, -0.25) is 0 Å². The molecule has 1 aliphatic carbocycles. The molecule has 0 atom stereocenters. The number of rotatable bonds is 2. The van der Waals surface area contributed by atoms with Crippen LogP contribution in [0.15, 0.2) is 16.6 Å². The van der Waals surface area contributed by atoms with Crippen LogP contribution in [-0.2, 0) is 0 Å². The highest BCUT2D eigenvalue weighted by Crippen LogP contribution is 2.38. The second-order valence-electron chi connectivity index (χ2n) is 4.75. The van der Waals surface area contributed by atoms with Gasteiger partial charge in [-0.2, -0.15) is 0 Å². The van der Waals surface area contributed by atoms with E-state index in [2.05, 4.69) is 25.9 Å². The van der Waals surface area contributed by atoms with E-state index < -0.39 is 0 Å². The first-order valence-corrected chi connectivity index (χ1v) is 8.22. The van der Waals surface area contributed by atoms with E-state index in [-0.39, 0.29) is 0 Å². The Hall–Kier alpha value is -0.650. The van der Waals surface area contributed by atoms with Crippen LogP contribution in [-0.4, -0.2) is 9.97 Å². The molecule has 3 rings (SSSR count). The van der Waals surface area contributed by atoms with Crippen molar-refractivity contribution in [1.82, 2.24) is 9.97 Å². The van der Waals surface area contributed by atoms with Crippen molar-refractivity contribution in [2.24, 2.45) is 0 Å². The zero-order valence-electron chi connectivity index (χ0n) is 10.2. The number of hydrogen-bond donors (Lipinski definition) is 1. The third-order valence-corrected chi connectivity index (χ3v) is 5.88. The lowest BCUT2D eigenvalue weighted by atomic mass is 10.0. The Morgan fingerprint density at radius 3 is 2.63 bits per heavy atom. The van der Waals surface area contributed by atoms with E-state index >= 15 is 0 Å². The molecule has 0 bridgehead atoms. The highest BCUT2D eigenvalue weighted by Gasteiger charge is 2.20. The van der Waals surface area contributed by atoms with Crippen molar-refractivity contribution in [3.05, 3.63) is 26.6 Å². The van der Waals surface area contributed by atoms with Crippen molar-refractivity contribution in [1.29, 1.82) is 0 Å². The number of nitrogens with zero attached hydrogens (tertiary/aromatic N) is 2. The summed E-state index contributed by atoms with van der Waals surface area (Å²) in [5, 5.41) is 0. The van der Waals surface area contributed by atoms with Gasteiger partial charge < -0.3 is 5.73 Å². The number of anilines is 1. The summed E-state index contributed by atoms with van der Waals surface area (Å²) < 4.78 is 1.59. The Bertz CT molecular complexity index is 588. The molecule has 19 heavy (non-hydrogen) atoms. The minimum absolute atomic E-state index is 0.530. The largest absolute Gasteiger partial charge is 0.384 e. The number of nitrogen functional groups attached to an aromatic ring is 1. The van der Waals surface area contributed by atoms with Crippen molar-refractivity contribution in [2.75, 3.05) is 5.73 Å². The first kappa shape index (κ1) is 13.3. The molecule has 2 aromatic rings. The molecule has 100 valence electrons. The quantitative estimate of drug-likeness (QED) is 0.834. The fraction of sp³-hybridized carbons (Fsp3) is 0.385. The maximum atomic E-state index is 6.07. The van der Waals surface area contributed by atoms with Gasteiger partial charge in [0.15, 0.2) is 5.82 Å². The Balaban J connectivity index is 2.01. The Kier molecular flexibility index (Phi) is 3.78. The minimum atomic E-state index is 0.530. The summed E-state index contributed by atoms with van der Waals surface area (Å²) in [6, 6.07) is 3.85. The van der Waals surface area contributed by atoms with Crippen LogP contribution in [0.3, 0.4) is 0 Å². The monoisotopic (exact) mass is 357 g/mol. The summed E-state index contributed by atoms with van der Waals surface area (Å²) in [7, 11) is 0. The summed E-state index contributed by atoms with van der Waals surface area (Å²) in [5.74, 6) is 1.75. The highest BCUT2D eigenvalue weighted by atomic mass is 79.9. The van der Waals surface area contributed by atoms with Crippen molar-refractivity contribution in [3.63, 3.8) is 0 Å². The molecule has 1 fully saturated rings. The SMILES string of the molecule is Nc1cc(C2CCCC2)nc(-c2cc(Br)c(Cl)s2)n1. The summed E-state index contributed by atoms with van der Waals surface area (Å²) in [5.41, 5.74) is 6.99. The van der Waals surface area contributed by atoms with Gasteiger partial charge in [0.2, 0.25) is 0 Å². The van der Waals surface area contributed by atoms with Crippen molar-refractivity contribution >= 4 is 44.7 Å². The van der Waals surface area contributed by atoms with Gasteiger partial charge in [0.1, 0.15) is 10.2 Å². The lowest BCUT2D eigenvalue weighted by molar-refractivity contribution is 0.696. The Morgan fingerprint density at radius 2 is 2.00 bits per heavy atom. The number of hydrogen-bond acceptors (Lipinski definition) is 4. The van der Waals surface area contributed by atoms with Gasteiger partial charge in [0.25, 0.3) is 0 Å². The fourth-order valence-electron chi connectivity index (χ4n) is 2.48. The molecule has 0 saturated heterocycles. The van der Waals surface area contributed by atoms with Crippen LogP contribution in [0.4, 0.5) is 5.82 Å². The molecule has 0 unspecified atom stereocenters. The topological polar surface area (TPSA) is 51.8 Å².